The topological polar surface area (TPSA) is 51.8 Å². The number of benzene rings is 1. The van der Waals surface area contributed by atoms with Gasteiger partial charge in [0.05, 0.1) is 0 Å². The monoisotopic (exact) mass is 233 g/mol. The summed E-state index contributed by atoms with van der Waals surface area (Å²) in [6.07, 6.45) is 0.981. The summed E-state index contributed by atoms with van der Waals surface area (Å²) >= 11 is 1.67. The molecular weight excluding hydrogens is 218 g/mol. The molecule has 2 N–H and O–H groups in total. The molecule has 3 nitrogen and oxygen atoms in total. The number of aryl methyl sites for hydroxylation is 1. The van der Waals surface area contributed by atoms with E-state index in [1.807, 2.05) is 19.1 Å². The molecule has 0 spiro atoms. The van der Waals surface area contributed by atoms with Gasteiger partial charge in [-0.1, -0.05) is 19.1 Å². The van der Waals surface area contributed by atoms with Crippen molar-refractivity contribution in [2.45, 2.75) is 26.2 Å². The molecule has 0 aliphatic carbocycles. The highest BCUT2D eigenvalue weighted by Crippen LogP contribution is 2.23. The number of nitrogen functional groups attached to an aromatic ring is 1. The first-order chi connectivity index (χ1) is 7.65. The van der Waals surface area contributed by atoms with Crippen LogP contribution >= 0.6 is 11.3 Å². The predicted molar refractivity (Wildman–Crippen MR) is 67.6 cm³/mol. The molecule has 84 valence electrons. The average Bonchev–Trinajstić information content (AvgIpc) is 2.68. The van der Waals surface area contributed by atoms with Crippen molar-refractivity contribution in [1.29, 1.82) is 0 Å². The lowest BCUT2D eigenvalue weighted by molar-refractivity contribution is 0.736. The maximum absolute atomic E-state index is 5.65. The van der Waals surface area contributed by atoms with E-state index in [9.17, 15) is 0 Å². The van der Waals surface area contributed by atoms with E-state index >= 15 is 0 Å². The first kappa shape index (κ1) is 11.1. The molecule has 1 aromatic heterocycles. The van der Waals surface area contributed by atoms with Gasteiger partial charge in [-0.05, 0) is 31.0 Å². The van der Waals surface area contributed by atoms with Gasteiger partial charge in [-0.3, -0.25) is 0 Å². The molecule has 0 saturated heterocycles. The van der Waals surface area contributed by atoms with Gasteiger partial charge in [0.25, 0.3) is 0 Å². The van der Waals surface area contributed by atoms with E-state index in [0.717, 1.165) is 22.1 Å². The Kier molecular flexibility index (Phi) is 3.19. The minimum absolute atomic E-state index is 0.412. The fourth-order valence-corrected chi connectivity index (χ4v) is 2.36. The number of hydrogen-bond donors (Lipinski definition) is 1. The molecule has 0 amide bonds. The quantitative estimate of drug-likeness (QED) is 0.829. The largest absolute Gasteiger partial charge is 0.399 e. The first-order valence-electron chi connectivity index (χ1n) is 5.29. The Hall–Kier alpha value is -1.42. The van der Waals surface area contributed by atoms with Gasteiger partial charge in [0, 0.05) is 11.6 Å². The van der Waals surface area contributed by atoms with Crippen molar-refractivity contribution in [2.24, 2.45) is 0 Å². The fourth-order valence-electron chi connectivity index (χ4n) is 1.61. The second kappa shape index (κ2) is 4.61. The van der Waals surface area contributed by atoms with E-state index in [0.29, 0.717) is 5.92 Å². The molecule has 0 aliphatic heterocycles. The smallest absolute Gasteiger partial charge is 0.120 e. The molecule has 1 atom stereocenters. The second-order valence-electron chi connectivity index (χ2n) is 4.01. The van der Waals surface area contributed by atoms with E-state index in [1.165, 1.54) is 5.56 Å². The molecular formula is C12H15N3S. The van der Waals surface area contributed by atoms with Gasteiger partial charge in [-0.2, -0.15) is 0 Å². The van der Waals surface area contributed by atoms with Crippen LogP contribution in [0, 0.1) is 6.92 Å². The molecule has 16 heavy (non-hydrogen) atoms. The SMILES string of the molecule is Cc1nnc(C(C)Cc2ccc(N)cc2)s1. The summed E-state index contributed by atoms with van der Waals surface area (Å²) in [7, 11) is 0. The zero-order valence-electron chi connectivity index (χ0n) is 9.47. The third-order valence-electron chi connectivity index (χ3n) is 2.48. The lowest BCUT2D eigenvalue weighted by Crippen LogP contribution is -1.98. The predicted octanol–water partition coefficient (Wildman–Crippen LogP) is 2.77. The summed E-state index contributed by atoms with van der Waals surface area (Å²) in [6.45, 7) is 4.16. The summed E-state index contributed by atoms with van der Waals surface area (Å²) < 4.78 is 0. The molecule has 0 bridgehead atoms. The van der Waals surface area contributed by atoms with Gasteiger partial charge in [0.1, 0.15) is 10.0 Å². The van der Waals surface area contributed by atoms with Crippen LogP contribution in [0.2, 0.25) is 0 Å². The van der Waals surface area contributed by atoms with Crippen LogP contribution in [0.15, 0.2) is 24.3 Å². The third kappa shape index (κ3) is 2.58. The van der Waals surface area contributed by atoms with Gasteiger partial charge >= 0.3 is 0 Å². The highest BCUT2D eigenvalue weighted by atomic mass is 32.1. The van der Waals surface area contributed by atoms with Crippen LogP contribution in [0.1, 0.15) is 28.4 Å². The Morgan fingerprint density at radius 2 is 1.94 bits per heavy atom. The Labute approximate surface area is 99.3 Å². The van der Waals surface area contributed by atoms with Crippen LogP contribution in [0.25, 0.3) is 0 Å². The summed E-state index contributed by atoms with van der Waals surface area (Å²) in [5.41, 5.74) is 7.75. The molecule has 1 heterocycles. The lowest BCUT2D eigenvalue weighted by Gasteiger charge is -2.07. The second-order valence-corrected chi connectivity index (χ2v) is 5.22. The Morgan fingerprint density at radius 3 is 2.50 bits per heavy atom. The van der Waals surface area contributed by atoms with Crippen molar-refractivity contribution in [2.75, 3.05) is 5.73 Å². The normalized spacial score (nSPS) is 12.6. The highest BCUT2D eigenvalue weighted by molar-refractivity contribution is 7.11. The molecule has 0 aliphatic rings. The van der Waals surface area contributed by atoms with Crippen molar-refractivity contribution in [3.8, 4) is 0 Å². The van der Waals surface area contributed by atoms with E-state index in [1.54, 1.807) is 11.3 Å². The number of aromatic nitrogens is 2. The van der Waals surface area contributed by atoms with Gasteiger partial charge < -0.3 is 5.73 Å². The molecule has 1 unspecified atom stereocenters. The average molecular weight is 233 g/mol. The summed E-state index contributed by atoms with van der Waals surface area (Å²) in [5.74, 6) is 0.412. The molecule has 0 radical (unpaired) electrons. The number of nitrogens with zero attached hydrogens (tertiary/aromatic N) is 2. The molecule has 4 heteroatoms. The summed E-state index contributed by atoms with van der Waals surface area (Å²) in [6, 6.07) is 8.01. The molecule has 2 rings (SSSR count). The zero-order chi connectivity index (χ0) is 11.5. The van der Waals surface area contributed by atoms with Crippen LogP contribution in [0.4, 0.5) is 5.69 Å². The third-order valence-corrected chi connectivity index (χ3v) is 3.56. The number of hydrogen-bond acceptors (Lipinski definition) is 4. The van der Waals surface area contributed by atoms with Crippen LogP contribution in [0.3, 0.4) is 0 Å². The minimum atomic E-state index is 0.412. The van der Waals surface area contributed by atoms with E-state index in [2.05, 4.69) is 29.3 Å². The van der Waals surface area contributed by atoms with Gasteiger partial charge in [0.2, 0.25) is 0 Å². The van der Waals surface area contributed by atoms with Crippen molar-refractivity contribution >= 4 is 17.0 Å². The van der Waals surface area contributed by atoms with E-state index in [4.69, 9.17) is 5.73 Å². The summed E-state index contributed by atoms with van der Waals surface area (Å²) in [4.78, 5) is 0. The van der Waals surface area contributed by atoms with Crippen LogP contribution in [0.5, 0.6) is 0 Å². The Bertz CT molecular complexity index is 461. The van der Waals surface area contributed by atoms with E-state index < -0.39 is 0 Å². The van der Waals surface area contributed by atoms with Crippen LogP contribution < -0.4 is 5.73 Å². The highest BCUT2D eigenvalue weighted by Gasteiger charge is 2.11. The zero-order valence-corrected chi connectivity index (χ0v) is 10.3. The Morgan fingerprint density at radius 1 is 1.25 bits per heavy atom. The van der Waals surface area contributed by atoms with Gasteiger partial charge in [-0.25, -0.2) is 0 Å². The van der Waals surface area contributed by atoms with Crippen molar-refractivity contribution in [3.05, 3.63) is 39.8 Å². The van der Waals surface area contributed by atoms with Crippen molar-refractivity contribution in [3.63, 3.8) is 0 Å². The van der Waals surface area contributed by atoms with Crippen molar-refractivity contribution in [1.82, 2.24) is 10.2 Å². The lowest BCUT2D eigenvalue weighted by atomic mass is 10.0. The minimum Gasteiger partial charge on any atom is -0.399 e. The molecule has 0 fully saturated rings. The molecule has 0 saturated carbocycles. The van der Waals surface area contributed by atoms with Crippen LogP contribution in [-0.2, 0) is 6.42 Å². The number of nitrogens with two attached hydrogens (primary N) is 1. The number of anilines is 1. The fraction of sp³-hybridized carbons (Fsp3) is 0.333. The number of rotatable bonds is 3. The molecule has 1 aromatic carbocycles. The standard InChI is InChI=1S/C12H15N3S/c1-8(12-15-14-9(2)16-12)7-10-3-5-11(13)6-4-10/h3-6,8H,7,13H2,1-2H3. The first-order valence-corrected chi connectivity index (χ1v) is 6.11. The van der Waals surface area contributed by atoms with Gasteiger partial charge in [0.15, 0.2) is 0 Å². The molecule has 2 aromatic rings. The summed E-state index contributed by atoms with van der Waals surface area (Å²) in [5, 5.41) is 10.3. The van der Waals surface area contributed by atoms with Crippen LogP contribution in [-0.4, -0.2) is 10.2 Å². The van der Waals surface area contributed by atoms with Crippen molar-refractivity contribution < 1.29 is 0 Å². The maximum atomic E-state index is 5.65. The maximum Gasteiger partial charge on any atom is 0.120 e. The van der Waals surface area contributed by atoms with Gasteiger partial charge in [-0.15, -0.1) is 21.5 Å². The Balaban J connectivity index is 2.07. The van der Waals surface area contributed by atoms with E-state index in [-0.39, 0.29) is 0 Å².